The fraction of sp³-hybridized carbons (Fsp3) is 1.00. The topological polar surface area (TPSA) is 40.5 Å². The Morgan fingerprint density at radius 3 is 1.92 bits per heavy atom. The maximum Gasteiger partial charge on any atom is 0.0568 e. The minimum Gasteiger partial charge on any atom is -0.393 e. The average Bonchev–Trinajstić information content (AvgIpc) is 2.50. The summed E-state index contributed by atoms with van der Waals surface area (Å²) in [7, 11) is 0. The van der Waals surface area contributed by atoms with Crippen LogP contribution in [0.2, 0.25) is 0 Å². The van der Waals surface area contributed by atoms with Gasteiger partial charge in [-0.1, -0.05) is 54.4 Å². The van der Waals surface area contributed by atoms with E-state index >= 15 is 0 Å². The summed E-state index contributed by atoms with van der Waals surface area (Å²) in [5.74, 6) is 2.55. The van der Waals surface area contributed by atoms with Crippen LogP contribution in [0.4, 0.5) is 0 Å². The van der Waals surface area contributed by atoms with E-state index in [1.54, 1.807) is 0 Å². The van der Waals surface area contributed by atoms with E-state index < -0.39 is 0 Å². The Morgan fingerprint density at radius 1 is 0.875 bits per heavy atom. The van der Waals surface area contributed by atoms with Crippen LogP contribution >= 0.6 is 0 Å². The lowest BCUT2D eigenvalue weighted by Crippen LogP contribution is -2.28. The first kappa shape index (κ1) is 22.0. The molecule has 2 heteroatoms. The van der Waals surface area contributed by atoms with Gasteiger partial charge in [0.1, 0.15) is 0 Å². The van der Waals surface area contributed by atoms with E-state index in [9.17, 15) is 10.2 Å². The molecule has 2 atom stereocenters. The summed E-state index contributed by atoms with van der Waals surface area (Å²) in [4.78, 5) is 0. The molecule has 144 valence electrons. The highest BCUT2D eigenvalue weighted by Crippen LogP contribution is 2.37. The van der Waals surface area contributed by atoms with Gasteiger partial charge in [0.15, 0.2) is 0 Å². The molecule has 2 unspecified atom stereocenters. The summed E-state index contributed by atoms with van der Waals surface area (Å²) in [6.45, 7) is 13.4. The van der Waals surface area contributed by atoms with Crippen molar-refractivity contribution >= 4 is 0 Å². The van der Waals surface area contributed by atoms with Gasteiger partial charge in [-0.25, -0.2) is 0 Å². The van der Waals surface area contributed by atoms with Gasteiger partial charge in [-0.05, 0) is 74.0 Å². The molecule has 0 radical (unpaired) electrons. The number of aliphatic hydroxyl groups is 2. The lowest BCUT2D eigenvalue weighted by atomic mass is 9.74. The SMILES string of the molecule is CC(C)CC1CCC(C(O)CCC(C)(C)CCC(O)C(C)C)CC1. The lowest BCUT2D eigenvalue weighted by Gasteiger charge is -2.34. The van der Waals surface area contributed by atoms with Crippen LogP contribution in [0.3, 0.4) is 0 Å². The molecule has 1 aliphatic rings. The second-order valence-corrected chi connectivity index (χ2v) is 10.0. The summed E-state index contributed by atoms with van der Waals surface area (Å²) < 4.78 is 0. The van der Waals surface area contributed by atoms with Gasteiger partial charge < -0.3 is 10.2 Å². The Labute approximate surface area is 151 Å². The highest BCUT2D eigenvalue weighted by Gasteiger charge is 2.28. The molecule has 1 rings (SSSR count). The Kier molecular flexibility index (Phi) is 9.30. The third-order valence-electron chi connectivity index (χ3n) is 6.24. The molecule has 1 fully saturated rings. The van der Waals surface area contributed by atoms with Gasteiger partial charge in [0.25, 0.3) is 0 Å². The number of hydrogen-bond acceptors (Lipinski definition) is 2. The zero-order chi connectivity index (χ0) is 18.3. The quantitative estimate of drug-likeness (QED) is 0.527. The van der Waals surface area contributed by atoms with Crippen LogP contribution in [0.5, 0.6) is 0 Å². The second kappa shape index (κ2) is 10.2. The van der Waals surface area contributed by atoms with Gasteiger partial charge in [-0.2, -0.15) is 0 Å². The summed E-state index contributed by atoms with van der Waals surface area (Å²) in [6, 6.07) is 0. The van der Waals surface area contributed by atoms with Crippen LogP contribution in [-0.2, 0) is 0 Å². The van der Waals surface area contributed by atoms with E-state index in [2.05, 4.69) is 41.5 Å². The molecular formula is C22H44O2. The highest BCUT2D eigenvalue weighted by molar-refractivity contribution is 4.80. The van der Waals surface area contributed by atoms with Crippen LogP contribution in [0.1, 0.15) is 99.3 Å². The summed E-state index contributed by atoms with van der Waals surface area (Å²) in [6.07, 6.45) is 9.98. The molecule has 1 saturated carbocycles. The fourth-order valence-corrected chi connectivity index (χ4v) is 4.25. The van der Waals surface area contributed by atoms with Crippen LogP contribution in [0, 0.1) is 29.1 Å². The average molecular weight is 341 g/mol. The summed E-state index contributed by atoms with van der Waals surface area (Å²) in [5.41, 5.74) is 0.214. The fourth-order valence-electron chi connectivity index (χ4n) is 4.25. The predicted octanol–water partition coefficient (Wildman–Crippen LogP) is 5.80. The highest BCUT2D eigenvalue weighted by atomic mass is 16.3. The Morgan fingerprint density at radius 2 is 1.42 bits per heavy atom. The first-order valence-electron chi connectivity index (χ1n) is 10.5. The van der Waals surface area contributed by atoms with Crippen molar-refractivity contribution in [1.29, 1.82) is 0 Å². The lowest BCUT2D eigenvalue weighted by molar-refractivity contribution is 0.0491. The predicted molar refractivity (Wildman–Crippen MR) is 104 cm³/mol. The monoisotopic (exact) mass is 340 g/mol. The zero-order valence-electron chi connectivity index (χ0n) is 17.2. The number of rotatable bonds is 10. The van der Waals surface area contributed by atoms with Crippen molar-refractivity contribution < 1.29 is 10.2 Å². The Bertz CT molecular complexity index is 327. The molecule has 0 aromatic heterocycles. The minimum atomic E-state index is -0.189. The molecule has 0 amide bonds. The normalized spacial score (nSPS) is 25.2. The molecular weight excluding hydrogens is 296 g/mol. The number of hydrogen-bond donors (Lipinski definition) is 2. The van der Waals surface area contributed by atoms with E-state index in [0.717, 1.165) is 37.5 Å². The molecule has 0 aromatic carbocycles. The van der Waals surface area contributed by atoms with E-state index in [0.29, 0.717) is 11.8 Å². The zero-order valence-corrected chi connectivity index (χ0v) is 17.2. The Balaban J connectivity index is 2.28. The standard InChI is InChI=1S/C22H44O2/c1-16(2)15-18-7-9-19(10-8-18)21(24)12-14-22(5,6)13-11-20(23)17(3)4/h16-21,23-24H,7-15H2,1-6H3. The van der Waals surface area contributed by atoms with Crippen molar-refractivity contribution in [3.63, 3.8) is 0 Å². The smallest absolute Gasteiger partial charge is 0.0568 e. The molecule has 0 spiro atoms. The second-order valence-electron chi connectivity index (χ2n) is 10.0. The van der Waals surface area contributed by atoms with Crippen molar-refractivity contribution in [1.82, 2.24) is 0 Å². The number of aliphatic hydroxyl groups excluding tert-OH is 2. The van der Waals surface area contributed by atoms with Crippen molar-refractivity contribution in [3.05, 3.63) is 0 Å². The van der Waals surface area contributed by atoms with Gasteiger partial charge in [0, 0.05) is 0 Å². The summed E-state index contributed by atoms with van der Waals surface area (Å²) >= 11 is 0. The van der Waals surface area contributed by atoms with E-state index in [1.807, 2.05) is 0 Å². The van der Waals surface area contributed by atoms with Crippen molar-refractivity contribution in [2.75, 3.05) is 0 Å². The van der Waals surface area contributed by atoms with Gasteiger partial charge in [0.2, 0.25) is 0 Å². The maximum absolute atomic E-state index is 10.6. The van der Waals surface area contributed by atoms with Gasteiger partial charge in [0.05, 0.1) is 12.2 Å². The Hall–Kier alpha value is -0.0800. The van der Waals surface area contributed by atoms with Gasteiger partial charge in [-0.15, -0.1) is 0 Å². The summed E-state index contributed by atoms with van der Waals surface area (Å²) in [5, 5.41) is 20.6. The van der Waals surface area contributed by atoms with Crippen molar-refractivity contribution in [3.8, 4) is 0 Å². The molecule has 24 heavy (non-hydrogen) atoms. The molecule has 0 heterocycles. The molecule has 0 bridgehead atoms. The molecule has 0 aromatic rings. The molecule has 2 N–H and O–H groups in total. The molecule has 1 aliphatic carbocycles. The van der Waals surface area contributed by atoms with Gasteiger partial charge in [-0.3, -0.25) is 0 Å². The van der Waals surface area contributed by atoms with E-state index in [1.165, 1.54) is 32.1 Å². The van der Waals surface area contributed by atoms with Gasteiger partial charge >= 0.3 is 0 Å². The largest absolute Gasteiger partial charge is 0.393 e. The maximum atomic E-state index is 10.6. The van der Waals surface area contributed by atoms with Crippen LogP contribution in [-0.4, -0.2) is 22.4 Å². The van der Waals surface area contributed by atoms with E-state index in [4.69, 9.17) is 0 Å². The molecule has 0 saturated heterocycles. The minimum absolute atomic E-state index is 0.126. The van der Waals surface area contributed by atoms with Crippen molar-refractivity contribution in [2.24, 2.45) is 29.1 Å². The van der Waals surface area contributed by atoms with Crippen LogP contribution < -0.4 is 0 Å². The van der Waals surface area contributed by atoms with Crippen molar-refractivity contribution in [2.45, 2.75) is 112 Å². The molecule has 2 nitrogen and oxygen atoms in total. The first-order chi connectivity index (χ1) is 11.1. The van der Waals surface area contributed by atoms with Crippen LogP contribution in [0.25, 0.3) is 0 Å². The van der Waals surface area contributed by atoms with E-state index in [-0.39, 0.29) is 17.6 Å². The third kappa shape index (κ3) is 8.34. The third-order valence-corrected chi connectivity index (χ3v) is 6.24. The molecule has 0 aliphatic heterocycles. The first-order valence-corrected chi connectivity index (χ1v) is 10.5. The van der Waals surface area contributed by atoms with Crippen LogP contribution in [0.15, 0.2) is 0 Å².